The lowest BCUT2D eigenvalue weighted by atomic mass is 10.0. The Morgan fingerprint density at radius 1 is 1.14 bits per heavy atom. The van der Waals surface area contributed by atoms with Gasteiger partial charge in [-0.05, 0) is 48.2 Å². The number of aromatic carboxylic acids is 1. The van der Waals surface area contributed by atoms with Crippen LogP contribution in [-0.4, -0.2) is 38.8 Å². The summed E-state index contributed by atoms with van der Waals surface area (Å²) in [6.45, 7) is 4.78. The summed E-state index contributed by atoms with van der Waals surface area (Å²) in [6.07, 6.45) is 7.30. The largest absolute Gasteiger partial charge is 0.478 e. The number of carboxylic acid groups (broad SMARTS) is 1. The summed E-state index contributed by atoms with van der Waals surface area (Å²) in [5.41, 5.74) is 6.28. The second-order valence-electron chi connectivity index (χ2n) is 7.18. The van der Waals surface area contributed by atoms with Crippen molar-refractivity contribution in [3.05, 3.63) is 89.3 Å². The lowest BCUT2D eigenvalue weighted by Gasteiger charge is -2.26. The van der Waals surface area contributed by atoms with E-state index < -0.39 is 5.97 Å². The van der Waals surface area contributed by atoms with Gasteiger partial charge in [-0.15, -0.1) is 0 Å². The zero-order valence-electron chi connectivity index (χ0n) is 15.9. The average Bonchev–Trinajstić information content (AvgIpc) is 3.19. The quantitative estimate of drug-likeness (QED) is 0.729. The first-order chi connectivity index (χ1) is 13.6. The highest BCUT2D eigenvalue weighted by atomic mass is 16.4. The van der Waals surface area contributed by atoms with Gasteiger partial charge in [0.25, 0.3) is 0 Å². The van der Waals surface area contributed by atoms with Crippen LogP contribution in [0.3, 0.4) is 0 Å². The molecule has 0 amide bonds. The average molecular weight is 373 g/mol. The number of carbonyl (C=O) groups is 1. The molecule has 1 aromatic heterocycles. The minimum Gasteiger partial charge on any atom is -0.478 e. The Labute approximate surface area is 164 Å². The fraction of sp³-hybridized carbons (Fsp3) is 0.217. The molecule has 0 spiro atoms. The molecule has 0 aliphatic carbocycles. The minimum absolute atomic E-state index is 0.329. The lowest BCUT2D eigenvalue weighted by molar-refractivity contribution is 0.0697. The van der Waals surface area contributed by atoms with Crippen molar-refractivity contribution in [2.24, 2.45) is 0 Å². The summed E-state index contributed by atoms with van der Waals surface area (Å²) in [5, 5.41) is 13.5. The molecular formula is C23H23N3O2. The van der Waals surface area contributed by atoms with E-state index in [1.165, 1.54) is 16.7 Å². The van der Waals surface area contributed by atoms with Crippen molar-refractivity contribution < 1.29 is 9.90 Å². The first-order valence-corrected chi connectivity index (χ1v) is 9.45. The van der Waals surface area contributed by atoms with E-state index in [2.05, 4.69) is 41.3 Å². The van der Waals surface area contributed by atoms with E-state index >= 15 is 0 Å². The van der Waals surface area contributed by atoms with Gasteiger partial charge in [0.2, 0.25) is 0 Å². The van der Waals surface area contributed by atoms with E-state index in [1.54, 1.807) is 12.1 Å². The van der Waals surface area contributed by atoms with Gasteiger partial charge < -0.3 is 5.11 Å². The van der Waals surface area contributed by atoms with Crippen LogP contribution in [0.4, 0.5) is 0 Å². The first-order valence-electron chi connectivity index (χ1n) is 9.45. The third-order valence-corrected chi connectivity index (χ3v) is 5.22. The highest BCUT2D eigenvalue weighted by molar-refractivity contribution is 5.87. The van der Waals surface area contributed by atoms with Gasteiger partial charge in [0.05, 0.1) is 17.4 Å². The highest BCUT2D eigenvalue weighted by Crippen LogP contribution is 2.24. The van der Waals surface area contributed by atoms with Crippen LogP contribution in [0.5, 0.6) is 0 Å². The molecule has 0 unspecified atom stereocenters. The first kappa shape index (κ1) is 18.2. The zero-order valence-corrected chi connectivity index (χ0v) is 15.9. The van der Waals surface area contributed by atoms with Gasteiger partial charge in [-0.3, -0.25) is 4.90 Å². The molecule has 2 heterocycles. The highest BCUT2D eigenvalue weighted by Gasteiger charge is 2.15. The number of carboxylic acids is 1. The topological polar surface area (TPSA) is 58.4 Å². The van der Waals surface area contributed by atoms with E-state index in [0.29, 0.717) is 5.56 Å². The Morgan fingerprint density at radius 3 is 2.61 bits per heavy atom. The van der Waals surface area contributed by atoms with E-state index in [1.807, 2.05) is 35.1 Å². The van der Waals surface area contributed by atoms with Crippen molar-refractivity contribution in [2.45, 2.75) is 19.9 Å². The van der Waals surface area contributed by atoms with Crippen LogP contribution in [0.1, 0.15) is 33.5 Å². The van der Waals surface area contributed by atoms with Crippen molar-refractivity contribution in [1.29, 1.82) is 0 Å². The monoisotopic (exact) mass is 373 g/mol. The van der Waals surface area contributed by atoms with Crippen LogP contribution in [0, 0.1) is 6.92 Å². The molecule has 28 heavy (non-hydrogen) atoms. The molecule has 5 nitrogen and oxygen atoms in total. The summed E-state index contributed by atoms with van der Waals surface area (Å²) in [7, 11) is 0. The maximum atomic E-state index is 11.0. The minimum atomic E-state index is -0.886. The summed E-state index contributed by atoms with van der Waals surface area (Å²) in [4.78, 5) is 13.3. The van der Waals surface area contributed by atoms with E-state index in [-0.39, 0.29) is 0 Å². The van der Waals surface area contributed by atoms with Gasteiger partial charge in [0, 0.05) is 31.4 Å². The molecule has 0 radical (unpaired) electrons. The van der Waals surface area contributed by atoms with Gasteiger partial charge in [0.15, 0.2) is 0 Å². The fourth-order valence-electron chi connectivity index (χ4n) is 3.57. The SMILES string of the molecule is Cc1ccccc1-n1cc(C2=CCN(Cc3ccc(C(=O)O)cc3)CC2)cn1. The molecule has 0 fully saturated rings. The number of hydrogen-bond donors (Lipinski definition) is 1. The number of para-hydroxylation sites is 1. The van der Waals surface area contributed by atoms with Crippen LogP contribution in [0.2, 0.25) is 0 Å². The molecule has 2 aromatic carbocycles. The van der Waals surface area contributed by atoms with Crippen LogP contribution in [-0.2, 0) is 6.54 Å². The Bertz CT molecular complexity index is 1020. The van der Waals surface area contributed by atoms with Gasteiger partial charge in [-0.2, -0.15) is 5.10 Å². The number of rotatable bonds is 5. The molecule has 1 N–H and O–H groups in total. The third-order valence-electron chi connectivity index (χ3n) is 5.22. The summed E-state index contributed by atoms with van der Waals surface area (Å²) in [5.74, 6) is -0.886. The van der Waals surface area contributed by atoms with E-state index in [0.717, 1.165) is 37.3 Å². The molecule has 1 aliphatic rings. The molecule has 0 saturated heterocycles. The maximum absolute atomic E-state index is 11.0. The molecule has 3 aromatic rings. The van der Waals surface area contributed by atoms with Crippen LogP contribution in [0.15, 0.2) is 67.0 Å². The molecule has 4 rings (SSSR count). The smallest absolute Gasteiger partial charge is 0.335 e. The molecular weight excluding hydrogens is 350 g/mol. The van der Waals surface area contributed by atoms with Gasteiger partial charge in [0.1, 0.15) is 0 Å². The summed E-state index contributed by atoms with van der Waals surface area (Å²) >= 11 is 0. The Morgan fingerprint density at radius 2 is 1.93 bits per heavy atom. The molecule has 0 bridgehead atoms. The summed E-state index contributed by atoms with van der Waals surface area (Å²) in [6, 6.07) is 15.4. The van der Waals surface area contributed by atoms with Gasteiger partial charge in [-0.25, -0.2) is 9.48 Å². The Kier molecular flexibility index (Phi) is 5.08. The number of aryl methyl sites for hydroxylation is 1. The zero-order chi connectivity index (χ0) is 19.5. The predicted octanol–water partition coefficient (Wildman–Crippen LogP) is 4.17. The van der Waals surface area contributed by atoms with Crippen molar-refractivity contribution in [1.82, 2.24) is 14.7 Å². The predicted molar refractivity (Wildman–Crippen MR) is 110 cm³/mol. The second-order valence-corrected chi connectivity index (χ2v) is 7.18. The number of benzene rings is 2. The number of hydrogen-bond acceptors (Lipinski definition) is 3. The van der Waals surface area contributed by atoms with Crippen LogP contribution in [0.25, 0.3) is 11.3 Å². The fourth-order valence-corrected chi connectivity index (χ4v) is 3.57. The second kappa shape index (κ2) is 7.82. The van der Waals surface area contributed by atoms with Gasteiger partial charge >= 0.3 is 5.97 Å². The number of aromatic nitrogens is 2. The molecule has 5 heteroatoms. The molecule has 0 atom stereocenters. The van der Waals surface area contributed by atoms with Crippen molar-refractivity contribution >= 4 is 11.5 Å². The number of nitrogens with zero attached hydrogens (tertiary/aromatic N) is 3. The third kappa shape index (κ3) is 3.89. The lowest BCUT2D eigenvalue weighted by Crippen LogP contribution is -2.28. The van der Waals surface area contributed by atoms with Gasteiger partial charge in [-0.1, -0.05) is 36.4 Å². The molecule has 1 aliphatic heterocycles. The maximum Gasteiger partial charge on any atom is 0.335 e. The Hall–Kier alpha value is -3.18. The Balaban J connectivity index is 1.42. The van der Waals surface area contributed by atoms with Crippen molar-refractivity contribution in [3.63, 3.8) is 0 Å². The molecule has 0 saturated carbocycles. The molecule has 142 valence electrons. The van der Waals surface area contributed by atoms with Crippen molar-refractivity contribution in [2.75, 3.05) is 13.1 Å². The van der Waals surface area contributed by atoms with E-state index in [4.69, 9.17) is 5.11 Å². The van der Waals surface area contributed by atoms with E-state index in [9.17, 15) is 4.79 Å². The summed E-state index contributed by atoms with van der Waals surface area (Å²) < 4.78 is 1.95. The standard InChI is InChI=1S/C23H23N3O2/c1-17-4-2-3-5-22(17)26-16-21(14-24-26)19-10-12-25(13-11-19)15-18-6-8-20(9-7-18)23(27)28/h2-10,14,16H,11-13,15H2,1H3,(H,27,28). The normalized spacial score (nSPS) is 14.7. The van der Waals surface area contributed by atoms with Crippen LogP contribution < -0.4 is 0 Å². The van der Waals surface area contributed by atoms with Crippen LogP contribution >= 0.6 is 0 Å². The van der Waals surface area contributed by atoms with Crippen molar-refractivity contribution in [3.8, 4) is 5.69 Å².